The van der Waals surface area contributed by atoms with Gasteiger partial charge in [-0.25, -0.2) is 14.4 Å². The largest absolute Gasteiger partial charge is 0.369 e. The maximum atomic E-state index is 14.4. The zero-order chi connectivity index (χ0) is 20.1. The number of ketones is 1. The van der Waals surface area contributed by atoms with Gasteiger partial charge in [-0.2, -0.15) is 0 Å². The fourth-order valence-corrected chi connectivity index (χ4v) is 3.95. The lowest BCUT2D eigenvalue weighted by Crippen LogP contribution is -2.49. The number of anilines is 1. The highest BCUT2D eigenvalue weighted by Crippen LogP contribution is 2.21. The van der Waals surface area contributed by atoms with Crippen LogP contribution in [0.5, 0.6) is 0 Å². The minimum atomic E-state index is -0.528. The second kappa shape index (κ2) is 6.66. The molecular formula is C21H21FN6O. The Hall–Kier alpha value is -3.26. The second-order valence-electron chi connectivity index (χ2n) is 7.58. The van der Waals surface area contributed by atoms with E-state index in [0.717, 1.165) is 30.8 Å². The number of carbonyl (C=O) groups excluding carboxylic acids is 1. The van der Waals surface area contributed by atoms with Crippen molar-refractivity contribution in [2.75, 3.05) is 24.5 Å². The number of imidazole rings is 2. The summed E-state index contributed by atoms with van der Waals surface area (Å²) < 4.78 is 17.7. The standard InChI is InChI=1S/C21H21FN6O/c1-13-10-26(6-4-23-13)16-3-5-28-17(8-16)9-24-21(28)19(29)15-7-18(22)20-25-14(2)11-27(20)12-15/h3,5,7-9,11-13,23H,4,6,10H2,1-2H3/t13-/m1/s1. The van der Waals surface area contributed by atoms with Crippen LogP contribution in [0.25, 0.3) is 11.2 Å². The van der Waals surface area contributed by atoms with E-state index in [1.807, 2.05) is 18.3 Å². The lowest BCUT2D eigenvalue weighted by molar-refractivity contribution is 0.102. The summed E-state index contributed by atoms with van der Waals surface area (Å²) in [6, 6.07) is 5.68. The van der Waals surface area contributed by atoms with Gasteiger partial charge in [-0.05, 0) is 32.0 Å². The van der Waals surface area contributed by atoms with Gasteiger partial charge in [-0.1, -0.05) is 0 Å². The molecule has 7 nitrogen and oxygen atoms in total. The Bertz CT molecular complexity index is 1240. The molecule has 1 aliphatic heterocycles. The molecule has 8 heteroatoms. The van der Waals surface area contributed by atoms with E-state index < -0.39 is 5.82 Å². The van der Waals surface area contributed by atoms with Gasteiger partial charge in [0, 0.05) is 55.5 Å². The molecule has 148 valence electrons. The average Bonchev–Trinajstić information content (AvgIpc) is 3.30. The molecule has 0 aromatic carbocycles. The fourth-order valence-electron chi connectivity index (χ4n) is 3.95. The molecule has 0 unspecified atom stereocenters. The number of aryl methyl sites for hydroxylation is 1. The van der Waals surface area contributed by atoms with E-state index in [1.54, 1.807) is 29.9 Å². The Morgan fingerprint density at radius 2 is 2.17 bits per heavy atom. The highest BCUT2D eigenvalue weighted by atomic mass is 19.1. The summed E-state index contributed by atoms with van der Waals surface area (Å²) in [7, 11) is 0. The average molecular weight is 392 g/mol. The third kappa shape index (κ3) is 3.05. The Morgan fingerprint density at radius 1 is 1.31 bits per heavy atom. The summed E-state index contributed by atoms with van der Waals surface area (Å²) in [4.78, 5) is 23.8. The minimum Gasteiger partial charge on any atom is -0.369 e. The number of aromatic nitrogens is 4. The molecule has 0 amide bonds. The molecule has 1 saturated heterocycles. The SMILES string of the molecule is Cc1cn2cc(C(=O)c3ncc4cc(N5CCN[C@H](C)C5)ccn34)cc(F)c2n1. The van der Waals surface area contributed by atoms with Crippen LogP contribution in [0.4, 0.5) is 10.1 Å². The van der Waals surface area contributed by atoms with Crippen molar-refractivity contribution in [3.8, 4) is 0 Å². The first-order valence-corrected chi connectivity index (χ1v) is 9.64. The monoisotopic (exact) mass is 392 g/mol. The molecule has 1 N–H and O–H groups in total. The molecule has 0 radical (unpaired) electrons. The Morgan fingerprint density at radius 3 is 3.00 bits per heavy atom. The smallest absolute Gasteiger partial charge is 0.230 e. The van der Waals surface area contributed by atoms with Crippen molar-refractivity contribution in [2.24, 2.45) is 0 Å². The van der Waals surface area contributed by atoms with Gasteiger partial charge in [0.05, 0.1) is 17.4 Å². The van der Waals surface area contributed by atoms with Crippen molar-refractivity contribution in [1.82, 2.24) is 24.1 Å². The number of halogens is 1. The lowest BCUT2D eigenvalue weighted by atomic mass is 10.1. The number of pyridine rings is 2. The number of nitrogens with zero attached hydrogens (tertiary/aromatic N) is 5. The highest BCUT2D eigenvalue weighted by molar-refractivity contribution is 6.07. The topological polar surface area (TPSA) is 66.9 Å². The Labute approximate surface area is 166 Å². The van der Waals surface area contributed by atoms with Crippen LogP contribution in [0.2, 0.25) is 0 Å². The molecule has 5 heterocycles. The van der Waals surface area contributed by atoms with Gasteiger partial charge < -0.3 is 14.6 Å². The normalized spacial score (nSPS) is 17.3. The highest BCUT2D eigenvalue weighted by Gasteiger charge is 2.20. The number of fused-ring (bicyclic) bond motifs is 2. The molecule has 29 heavy (non-hydrogen) atoms. The van der Waals surface area contributed by atoms with Crippen molar-refractivity contribution in [3.05, 3.63) is 65.9 Å². The molecule has 0 spiro atoms. The van der Waals surface area contributed by atoms with Gasteiger partial charge in [0.1, 0.15) is 0 Å². The van der Waals surface area contributed by atoms with Crippen molar-refractivity contribution in [3.63, 3.8) is 0 Å². The van der Waals surface area contributed by atoms with Crippen LogP contribution in [0.1, 0.15) is 28.8 Å². The molecule has 0 saturated carbocycles. The van der Waals surface area contributed by atoms with E-state index in [0.29, 0.717) is 11.7 Å². The summed E-state index contributed by atoms with van der Waals surface area (Å²) in [5, 5.41) is 3.43. The third-order valence-electron chi connectivity index (χ3n) is 5.34. The van der Waals surface area contributed by atoms with Crippen LogP contribution < -0.4 is 10.2 Å². The van der Waals surface area contributed by atoms with Crippen molar-refractivity contribution < 1.29 is 9.18 Å². The number of piperazine rings is 1. The summed E-state index contributed by atoms with van der Waals surface area (Å²) in [5.74, 6) is -0.601. The molecule has 1 atom stereocenters. The third-order valence-corrected chi connectivity index (χ3v) is 5.34. The number of hydrogen-bond donors (Lipinski definition) is 1. The first-order valence-electron chi connectivity index (χ1n) is 9.64. The van der Waals surface area contributed by atoms with Crippen LogP contribution in [-0.4, -0.2) is 50.2 Å². The van der Waals surface area contributed by atoms with Gasteiger partial charge in [-0.15, -0.1) is 0 Å². The Balaban J connectivity index is 1.51. The zero-order valence-corrected chi connectivity index (χ0v) is 16.3. The van der Waals surface area contributed by atoms with Crippen molar-refractivity contribution >= 4 is 22.6 Å². The first-order chi connectivity index (χ1) is 14.0. The van der Waals surface area contributed by atoms with E-state index in [-0.39, 0.29) is 22.8 Å². The van der Waals surface area contributed by atoms with Gasteiger partial charge >= 0.3 is 0 Å². The van der Waals surface area contributed by atoms with Crippen LogP contribution in [0.15, 0.2) is 43.0 Å². The van der Waals surface area contributed by atoms with E-state index in [9.17, 15) is 9.18 Å². The van der Waals surface area contributed by atoms with Crippen LogP contribution in [-0.2, 0) is 0 Å². The molecule has 5 rings (SSSR count). The maximum Gasteiger partial charge on any atom is 0.230 e. The number of rotatable bonds is 3. The number of hydrogen-bond acceptors (Lipinski definition) is 5. The number of nitrogens with one attached hydrogen (secondary N) is 1. The van der Waals surface area contributed by atoms with E-state index in [4.69, 9.17) is 0 Å². The van der Waals surface area contributed by atoms with Gasteiger partial charge in [0.15, 0.2) is 17.3 Å². The lowest BCUT2D eigenvalue weighted by Gasteiger charge is -2.33. The molecule has 1 aliphatic rings. The van der Waals surface area contributed by atoms with Crippen LogP contribution >= 0.6 is 0 Å². The molecule has 4 aromatic heterocycles. The predicted molar refractivity (Wildman–Crippen MR) is 108 cm³/mol. The predicted octanol–water partition coefficient (Wildman–Crippen LogP) is 2.46. The summed E-state index contributed by atoms with van der Waals surface area (Å²) >= 11 is 0. The quantitative estimate of drug-likeness (QED) is 0.543. The van der Waals surface area contributed by atoms with E-state index in [2.05, 4.69) is 27.1 Å². The first kappa shape index (κ1) is 17.8. The van der Waals surface area contributed by atoms with Gasteiger partial charge in [0.25, 0.3) is 0 Å². The van der Waals surface area contributed by atoms with Gasteiger partial charge in [0.2, 0.25) is 5.78 Å². The second-order valence-corrected chi connectivity index (χ2v) is 7.58. The zero-order valence-electron chi connectivity index (χ0n) is 16.3. The molecule has 1 fully saturated rings. The maximum absolute atomic E-state index is 14.4. The van der Waals surface area contributed by atoms with Crippen molar-refractivity contribution in [1.29, 1.82) is 0 Å². The Kier molecular flexibility index (Phi) is 4.09. The summed E-state index contributed by atoms with van der Waals surface area (Å²) in [6.45, 7) is 6.76. The van der Waals surface area contributed by atoms with Crippen molar-refractivity contribution in [2.45, 2.75) is 19.9 Å². The summed E-state index contributed by atoms with van der Waals surface area (Å²) in [6.07, 6.45) is 6.82. The fraction of sp³-hybridized carbons (Fsp3) is 0.286. The number of carbonyl (C=O) groups is 1. The minimum absolute atomic E-state index is 0.210. The van der Waals surface area contributed by atoms with Crippen LogP contribution in [0.3, 0.4) is 0 Å². The van der Waals surface area contributed by atoms with Gasteiger partial charge in [-0.3, -0.25) is 9.20 Å². The molecule has 4 aromatic rings. The molecule has 0 aliphatic carbocycles. The van der Waals surface area contributed by atoms with E-state index in [1.165, 1.54) is 10.5 Å². The molecule has 0 bridgehead atoms. The van der Waals surface area contributed by atoms with Crippen LogP contribution in [0, 0.1) is 12.7 Å². The van der Waals surface area contributed by atoms with E-state index >= 15 is 0 Å². The molecular weight excluding hydrogens is 371 g/mol. The summed E-state index contributed by atoms with van der Waals surface area (Å²) in [5.41, 5.74) is 3.07.